The molecule has 0 aliphatic rings. The summed E-state index contributed by atoms with van der Waals surface area (Å²) < 4.78 is 5.70. The number of rotatable bonds is 6. The van der Waals surface area contributed by atoms with E-state index in [0.717, 1.165) is 16.9 Å². The van der Waals surface area contributed by atoms with Crippen molar-refractivity contribution in [2.24, 2.45) is 5.92 Å². The summed E-state index contributed by atoms with van der Waals surface area (Å²) in [4.78, 5) is 10.6. The first-order chi connectivity index (χ1) is 8.00. The molecule has 0 radical (unpaired) electrons. The molecule has 1 rings (SSSR count). The van der Waals surface area contributed by atoms with Gasteiger partial charge in [0.1, 0.15) is 5.75 Å². The summed E-state index contributed by atoms with van der Waals surface area (Å²) in [5.41, 5.74) is 2.10. The Bertz CT molecular complexity index is 383. The molecule has 0 aliphatic carbocycles. The fourth-order valence-electron chi connectivity index (χ4n) is 1.59. The Hall–Kier alpha value is -1.51. The molecule has 0 aromatic heterocycles. The Morgan fingerprint density at radius 3 is 2.71 bits per heavy atom. The maximum Gasteiger partial charge on any atom is 0.303 e. The average molecular weight is 236 g/mol. The lowest BCUT2D eigenvalue weighted by molar-refractivity contribution is -0.136. The van der Waals surface area contributed by atoms with Crippen molar-refractivity contribution in [3.63, 3.8) is 0 Å². The smallest absolute Gasteiger partial charge is 0.303 e. The standard InChI is InChI=1S/C14H20O3/c1-10(2)9-17-13-6-4-5-12(11(13)3)7-8-14(15)16/h4-6,10H,7-9H2,1-3H3,(H,15,16). The normalized spacial score (nSPS) is 10.6. The Morgan fingerprint density at radius 1 is 1.41 bits per heavy atom. The van der Waals surface area contributed by atoms with Crippen LogP contribution < -0.4 is 4.74 Å². The SMILES string of the molecule is Cc1c(CCC(=O)O)cccc1OCC(C)C. The van der Waals surface area contributed by atoms with Crippen molar-refractivity contribution in [1.82, 2.24) is 0 Å². The van der Waals surface area contributed by atoms with Crippen molar-refractivity contribution in [2.75, 3.05) is 6.61 Å². The molecule has 0 amide bonds. The lowest BCUT2D eigenvalue weighted by Gasteiger charge is -2.13. The maximum atomic E-state index is 10.6. The molecule has 0 unspecified atom stereocenters. The highest BCUT2D eigenvalue weighted by Gasteiger charge is 2.07. The molecule has 0 spiro atoms. The molecule has 3 nitrogen and oxygen atoms in total. The van der Waals surface area contributed by atoms with E-state index >= 15 is 0 Å². The monoisotopic (exact) mass is 236 g/mol. The molecule has 17 heavy (non-hydrogen) atoms. The highest BCUT2D eigenvalue weighted by molar-refractivity contribution is 5.67. The number of ether oxygens (including phenoxy) is 1. The van der Waals surface area contributed by atoms with Crippen LogP contribution >= 0.6 is 0 Å². The second-order valence-electron chi connectivity index (χ2n) is 4.64. The molecule has 0 heterocycles. The molecule has 0 saturated heterocycles. The van der Waals surface area contributed by atoms with E-state index in [1.165, 1.54) is 0 Å². The highest BCUT2D eigenvalue weighted by atomic mass is 16.5. The minimum Gasteiger partial charge on any atom is -0.493 e. The van der Waals surface area contributed by atoms with Crippen LogP contribution in [0.1, 0.15) is 31.4 Å². The van der Waals surface area contributed by atoms with E-state index in [2.05, 4.69) is 13.8 Å². The van der Waals surface area contributed by atoms with E-state index < -0.39 is 5.97 Å². The zero-order valence-corrected chi connectivity index (χ0v) is 10.7. The molecule has 1 aromatic carbocycles. The van der Waals surface area contributed by atoms with Gasteiger partial charge in [0.2, 0.25) is 0 Å². The van der Waals surface area contributed by atoms with E-state index in [-0.39, 0.29) is 6.42 Å². The van der Waals surface area contributed by atoms with Crippen molar-refractivity contribution < 1.29 is 14.6 Å². The molecular weight excluding hydrogens is 216 g/mol. The molecule has 1 aromatic rings. The lowest BCUT2D eigenvalue weighted by Crippen LogP contribution is -2.06. The van der Waals surface area contributed by atoms with Gasteiger partial charge < -0.3 is 9.84 Å². The summed E-state index contributed by atoms with van der Waals surface area (Å²) in [7, 11) is 0. The molecule has 1 N–H and O–H groups in total. The van der Waals surface area contributed by atoms with Crippen LogP contribution in [0, 0.1) is 12.8 Å². The van der Waals surface area contributed by atoms with Crippen molar-refractivity contribution >= 4 is 5.97 Å². The summed E-state index contributed by atoms with van der Waals surface area (Å²) in [6.07, 6.45) is 0.717. The van der Waals surface area contributed by atoms with E-state index in [4.69, 9.17) is 9.84 Å². The topological polar surface area (TPSA) is 46.5 Å². The van der Waals surface area contributed by atoms with Gasteiger partial charge in [0, 0.05) is 6.42 Å². The Morgan fingerprint density at radius 2 is 2.12 bits per heavy atom. The Labute approximate surface area is 102 Å². The molecule has 0 aliphatic heterocycles. The van der Waals surface area contributed by atoms with Crippen LogP contribution in [-0.4, -0.2) is 17.7 Å². The zero-order valence-electron chi connectivity index (χ0n) is 10.7. The first kappa shape index (κ1) is 13.6. The van der Waals surface area contributed by atoms with Gasteiger partial charge in [0.05, 0.1) is 6.61 Å². The third-order valence-corrected chi connectivity index (χ3v) is 2.58. The predicted molar refractivity (Wildman–Crippen MR) is 67.5 cm³/mol. The quantitative estimate of drug-likeness (QED) is 0.825. The van der Waals surface area contributed by atoms with Gasteiger partial charge in [-0.1, -0.05) is 26.0 Å². The van der Waals surface area contributed by atoms with Crippen LogP contribution in [0.5, 0.6) is 5.75 Å². The van der Waals surface area contributed by atoms with Crippen LogP contribution in [0.2, 0.25) is 0 Å². The van der Waals surface area contributed by atoms with Gasteiger partial charge in [-0.15, -0.1) is 0 Å². The average Bonchev–Trinajstić information content (AvgIpc) is 2.25. The predicted octanol–water partition coefficient (Wildman–Crippen LogP) is 3.05. The number of benzene rings is 1. The molecule has 0 saturated carbocycles. The number of carbonyl (C=O) groups is 1. The van der Waals surface area contributed by atoms with Crippen LogP contribution in [0.25, 0.3) is 0 Å². The first-order valence-electron chi connectivity index (χ1n) is 5.93. The van der Waals surface area contributed by atoms with Crippen LogP contribution in [-0.2, 0) is 11.2 Å². The number of carboxylic acids is 1. The van der Waals surface area contributed by atoms with Gasteiger partial charge in [-0.05, 0) is 36.5 Å². The van der Waals surface area contributed by atoms with Crippen molar-refractivity contribution in [3.8, 4) is 5.75 Å². The van der Waals surface area contributed by atoms with Gasteiger partial charge in [-0.25, -0.2) is 0 Å². The largest absolute Gasteiger partial charge is 0.493 e. The molecule has 0 atom stereocenters. The second kappa shape index (κ2) is 6.28. The van der Waals surface area contributed by atoms with Gasteiger partial charge in [0.25, 0.3) is 0 Å². The highest BCUT2D eigenvalue weighted by Crippen LogP contribution is 2.22. The minimum absolute atomic E-state index is 0.161. The second-order valence-corrected chi connectivity index (χ2v) is 4.64. The zero-order chi connectivity index (χ0) is 12.8. The van der Waals surface area contributed by atoms with Gasteiger partial charge >= 0.3 is 5.97 Å². The van der Waals surface area contributed by atoms with Crippen LogP contribution in [0.4, 0.5) is 0 Å². The molecule has 0 bridgehead atoms. The summed E-state index contributed by atoms with van der Waals surface area (Å²) >= 11 is 0. The first-order valence-corrected chi connectivity index (χ1v) is 5.93. The molecule has 0 fully saturated rings. The Balaban J connectivity index is 2.72. The lowest BCUT2D eigenvalue weighted by atomic mass is 10.0. The number of aryl methyl sites for hydroxylation is 1. The van der Waals surface area contributed by atoms with E-state index in [1.807, 2.05) is 25.1 Å². The fourth-order valence-corrected chi connectivity index (χ4v) is 1.59. The minimum atomic E-state index is -0.766. The number of aliphatic carboxylic acids is 1. The van der Waals surface area contributed by atoms with E-state index in [0.29, 0.717) is 18.9 Å². The molecule has 94 valence electrons. The van der Waals surface area contributed by atoms with Crippen molar-refractivity contribution in [1.29, 1.82) is 0 Å². The van der Waals surface area contributed by atoms with Gasteiger partial charge in [-0.2, -0.15) is 0 Å². The van der Waals surface area contributed by atoms with Crippen molar-refractivity contribution in [3.05, 3.63) is 29.3 Å². The van der Waals surface area contributed by atoms with E-state index in [9.17, 15) is 4.79 Å². The maximum absolute atomic E-state index is 10.6. The summed E-state index contributed by atoms with van der Waals surface area (Å²) in [5, 5.41) is 8.68. The Kier molecular flexibility index (Phi) is 5.01. The summed E-state index contributed by atoms with van der Waals surface area (Å²) in [5.74, 6) is 0.580. The molecule has 3 heteroatoms. The summed E-state index contributed by atoms with van der Waals surface area (Å²) in [6.45, 7) is 6.86. The van der Waals surface area contributed by atoms with Gasteiger partial charge in [0.15, 0.2) is 0 Å². The molecular formula is C14H20O3. The fraction of sp³-hybridized carbons (Fsp3) is 0.500. The summed E-state index contributed by atoms with van der Waals surface area (Å²) in [6, 6.07) is 5.81. The van der Waals surface area contributed by atoms with Crippen LogP contribution in [0.15, 0.2) is 18.2 Å². The number of carboxylic acid groups (broad SMARTS) is 1. The number of hydrogen-bond acceptors (Lipinski definition) is 2. The van der Waals surface area contributed by atoms with Gasteiger partial charge in [-0.3, -0.25) is 4.79 Å². The third kappa shape index (κ3) is 4.47. The third-order valence-electron chi connectivity index (χ3n) is 2.58. The van der Waals surface area contributed by atoms with E-state index in [1.54, 1.807) is 0 Å². The van der Waals surface area contributed by atoms with Crippen LogP contribution in [0.3, 0.4) is 0 Å². The number of hydrogen-bond donors (Lipinski definition) is 1. The van der Waals surface area contributed by atoms with Crippen molar-refractivity contribution in [2.45, 2.75) is 33.6 Å².